The Bertz CT molecular complexity index is 687. The van der Waals surface area contributed by atoms with Gasteiger partial charge in [-0.1, -0.05) is 47.5 Å². The summed E-state index contributed by atoms with van der Waals surface area (Å²) in [5, 5.41) is 4.03. The van der Waals surface area contributed by atoms with Crippen LogP contribution in [0.25, 0.3) is 0 Å². The van der Waals surface area contributed by atoms with Gasteiger partial charge >= 0.3 is 0 Å². The molecule has 0 aromatic heterocycles. The van der Waals surface area contributed by atoms with Crippen molar-refractivity contribution in [2.45, 2.75) is 25.4 Å². The minimum atomic E-state index is 0.00293. The van der Waals surface area contributed by atoms with Crippen molar-refractivity contribution < 1.29 is 4.79 Å². The van der Waals surface area contributed by atoms with E-state index in [-0.39, 0.29) is 5.91 Å². The fourth-order valence-corrected chi connectivity index (χ4v) is 2.85. The highest BCUT2D eigenvalue weighted by atomic mass is 35.5. The number of nitrogens with one attached hydrogen (secondary N) is 1. The van der Waals surface area contributed by atoms with Gasteiger partial charge < -0.3 is 5.32 Å². The Hall–Kier alpha value is -1.55. The first-order valence-electron chi connectivity index (χ1n) is 7.65. The number of benzene rings is 2. The Morgan fingerprint density at radius 2 is 1.83 bits per heavy atom. The van der Waals surface area contributed by atoms with Crippen LogP contribution in [-0.4, -0.2) is 23.4 Å². The van der Waals surface area contributed by atoms with E-state index in [9.17, 15) is 4.79 Å². The minimum Gasteiger partial charge on any atom is -0.325 e. The van der Waals surface area contributed by atoms with Gasteiger partial charge in [-0.25, -0.2) is 0 Å². The van der Waals surface area contributed by atoms with Gasteiger partial charge in [0.2, 0.25) is 5.91 Å². The average Bonchev–Trinajstić information content (AvgIpc) is 3.36. The molecule has 3 rings (SSSR count). The molecule has 1 amide bonds. The molecule has 1 saturated carbocycles. The zero-order valence-electron chi connectivity index (χ0n) is 12.6. The van der Waals surface area contributed by atoms with Gasteiger partial charge in [0, 0.05) is 18.3 Å². The highest BCUT2D eigenvalue weighted by Gasteiger charge is 2.30. The molecule has 1 fully saturated rings. The largest absolute Gasteiger partial charge is 0.325 e. The molecular formula is C18H18Cl2N2O. The first-order chi connectivity index (χ1) is 11.1. The van der Waals surface area contributed by atoms with Crippen LogP contribution in [0, 0.1) is 0 Å². The number of anilines is 1. The third-order valence-corrected chi connectivity index (χ3v) is 4.58. The zero-order chi connectivity index (χ0) is 16.2. The number of hydrogen-bond donors (Lipinski definition) is 1. The third kappa shape index (κ3) is 4.71. The second-order valence-corrected chi connectivity index (χ2v) is 6.61. The van der Waals surface area contributed by atoms with E-state index in [1.165, 1.54) is 0 Å². The lowest BCUT2D eigenvalue weighted by atomic mass is 10.2. The highest BCUT2D eigenvalue weighted by molar-refractivity contribution is 6.42. The van der Waals surface area contributed by atoms with Crippen molar-refractivity contribution in [2.24, 2.45) is 0 Å². The second kappa shape index (κ2) is 7.35. The predicted octanol–water partition coefficient (Wildman–Crippen LogP) is 4.60. The highest BCUT2D eigenvalue weighted by Crippen LogP contribution is 2.29. The van der Waals surface area contributed by atoms with Gasteiger partial charge in [-0.3, -0.25) is 9.69 Å². The minimum absolute atomic E-state index is 0.00293. The molecule has 0 saturated heterocycles. The number of amides is 1. The van der Waals surface area contributed by atoms with E-state index in [4.69, 9.17) is 23.2 Å². The van der Waals surface area contributed by atoms with E-state index in [2.05, 4.69) is 10.2 Å². The van der Waals surface area contributed by atoms with E-state index in [0.29, 0.717) is 29.2 Å². The van der Waals surface area contributed by atoms with Crippen LogP contribution < -0.4 is 5.32 Å². The second-order valence-electron chi connectivity index (χ2n) is 5.80. The number of carbonyl (C=O) groups excluding carboxylic acids is 1. The molecular weight excluding hydrogens is 331 g/mol. The van der Waals surface area contributed by atoms with Crippen molar-refractivity contribution in [3.63, 3.8) is 0 Å². The SMILES string of the molecule is O=C(CN(Cc1ccc(Cl)c(Cl)c1)C1CC1)Nc1ccccc1. The lowest BCUT2D eigenvalue weighted by Crippen LogP contribution is -2.34. The molecule has 1 aliphatic carbocycles. The Morgan fingerprint density at radius 3 is 2.48 bits per heavy atom. The van der Waals surface area contributed by atoms with Crippen LogP contribution >= 0.6 is 23.2 Å². The van der Waals surface area contributed by atoms with Gasteiger partial charge in [0.1, 0.15) is 0 Å². The lowest BCUT2D eigenvalue weighted by Gasteiger charge is -2.21. The van der Waals surface area contributed by atoms with E-state index >= 15 is 0 Å². The van der Waals surface area contributed by atoms with Gasteiger partial charge in [0.25, 0.3) is 0 Å². The zero-order valence-corrected chi connectivity index (χ0v) is 14.1. The van der Waals surface area contributed by atoms with Crippen LogP contribution in [0.1, 0.15) is 18.4 Å². The van der Waals surface area contributed by atoms with Crippen molar-refractivity contribution in [1.29, 1.82) is 0 Å². The maximum Gasteiger partial charge on any atom is 0.238 e. The van der Waals surface area contributed by atoms with Gasteiger partial charge in [-0.2, -0.15) is 0 Å². The van der Waals surface area contributed by atoms with Crippen LogP contribution in [-0.2, 0) is 11.3 Å². The first kappa shape index (κ1) is 16.3. The summed E-state index contributed by atoms with van der Waals surface area (Å²) in [6.45, 7) is 1.07. The van der Waals surface area contributed by atoms with Crippen LogP contribution in [0.15, 0.2) is 48.5 Å². The molecule has 0 radical (unpaired) electrons. The fourth-order valence-electron chi connectivity index (χ4n) is 2.53. The first-order valence-corrected chi connectivity index (χ1v) is 8.40. The molecule has 23 heavy (non-hydrogen) atoms. The summed E-state index contributed by atoms with van der Waals surface area (Å²) >= 11 is 12.0. The Labute approximate surface area is 146 Å². The van der Waals surface area contributed by atoms with Crippen LogP contribution in [0.5, 0.6) is 0 Å². The molecule has 2 aromatic rings. The Balaban J connectivity index is 1.62. The molecule has 0 aliphatic heterocycles. The van der Waals surface area contributed by atoms with Crippen LogP contribution in [0.3, 0.4) is 0 Å². The molecule has 0 unspecified atom stereocenters. The molecule has 5 heteroatoms. The van der Waals surface area contributed by atoms with E-state index in [1.807, 2.05) is 42.5 Å². The molecule has 0 atom stereocenters. The average molecular weight is 349 g/mol. The van der Waals surface area contributed by atoms with Crippen LogP contribution in [0.4, 0.5) is 5.69 Å². The van der Waals surface area contributed by atoms with Crippen molar-refractivity contribution in [3.8, 4) is 0 Å². The summed E-state index contributed by atoms with van der Waals surface area (Å²) in [5.74, 6) is 0.00293. The van der Waals surface area contributed by atoms with Crippen molar-refractivity contribution >= 4 is 34.8 Å². The standard InChI is InChI=1S/C18H18Cl2N2O/c19-16-9-6-13(10-17(16)20)11-22(15-7-8-15)12-18(23)21-14-4-2-1-3-5-14/h1-6,9-10,15H,7-8,11-12H2,(H,21,23). The number of rotatable bonds is 6. The molecule has 0 spiro atoms. The molecule has 0 heterocycles. The lowest BCUT2D eigenvalue weighted by molar-refractivity contribution is -0.117. The maximum atomic E-state index is 12.3. The Morgan fingerprint density at radius 1 is 1.09 bits per heavy atom. The maximum absolute atomic E-state index is 12.3. The summed E-state index contributed by atoms with van der Waals surface area (Å²) < 4.78 is 0. The van der Waals surface area contributed by atoms with Gasteiger partial charge in [-0.15, -0.1) is 0 Å². The summed E-state index contributed by atoms with van der Waals surface area (Å²) in [6.07, 6.45) is 2.28. The van der Waals surface area contributed by atoms with Gasteiger partial charge in [0.05, 0.1) is 16.6 Å². The summed E-state index contributed by atoms with van der Waals surface area (Å²) in [5.41, 5.74) is 1.89. The number of carbonyl (C=O) groups is 1. The van der Waals surface area contributed by atoms with Crippen LogP contribution in [0.2, 0.25) is 10.0 Å². The summed E-state index contributed by atoms with van der Waals surface area (Å²) in [6, 6.07) is 15.6. The van der Waals surface area contributed by atoms with Gasteiger partial charge in [-0.05, 0) is 42.7 Å². The topological polar surface area (TPSA) is 32.3 Å². The van der Waals surface area contributed by atoms with E-state index < -0.39 is 0 Å². The summed E-state index contributed by atoms with van der Waals surface area (Å²) in [7, 11) is 0. The molecule has 120 valence electrons. The van der Waals surface area contributed by atoms with E-state index in [0.717, 1.165) is 24.1 Å². The third-order valence-electron chi connectivity index (χ3n) is 3.84. The number of halogens is 2. The molecule has 3 nitrogen and oxygen atoms in total. The van der Waals surface area contributed by atoms with Gasteiger partial charge in [0.15, 0.2) is 0 Å². The van der Waals surface area contributed by atoms with Crippen molar-refractivity contribution in [3.05, 3.63) is 64.1 Å². The Kier molecular flexibility index (Phi) is 5.21. The van der Waals surface area contributed by atoms with Crippen molar-refractivity contribution in [1.82, 2.24) is 4.90 Å². The number of nitrogens with zero attached hydrogens (tertiary/aromatic N) is 1. The molecule has 1 N–H and O–H groups in total. The number of para-hydroxylation sites is 1. The fraction of sp³-hybridized carbons (Fsp3) is 0.278. The molecule has 1 aliphatic rings. The van der Waals surface area contributed by atoms with Crippen molar-refractivity contribution in [2.75, 3.05) is 11.9 Å². The quantitative estimate of drug-likeness (QED) is 0.827. The molecule has 2 aromatic carbocycles. The molecule has 0 bridgehead atoms. The normalized spacial score (nSPS) is 14.0. The number of hydrogen-bond acceptors (Lipinski definition) is 2. The smallest absolute Gasteiger partial charge is 0.238 e. The monoisotopic (exact) mass is 348 g/mol. The van der Waals surface area contributed by atoms with E-state index in [1.54, 1.807) is 6.07 Å². The summed E-state index contributed by atoms with van der Waals surface area (Å²) in [4.78, 5) is 14.5. The predicted molar refractivity (Wildman–Crippen MR) is 95.0 cm³/mol.